The van der Waals surface area contributed by atoms with Gasteiger partial charge in [-0.1, -0.05) is 5.16 Å². The van der Waals surface area contributed by atoms with Crippen LogP contribution in [0.15, 0.2) is 29.0 Å². The summed E-state index contributed by atoms with van der Waals surface area (Å²) in [6, 6.07) is 4.41. The molecule has 3 rings (SSSR count). The minimum Gasteiger partial charge on any atom is -0.360 e. The Bertz CT molecular complexity index is 666. The van der Waals surface area contributed by atoms with E-state index in [9.17, 15) is 4.79 Å². The molecule has 1 aliphatic carbocycles. The third kappa shape index (κ3) is 3.76. The Hall–Kier alpha value is -2.21. The lowest BCUT2D eigenvalue weighted by molar-refractivity contribution is 0.0933. The molecule has 23 heavy (non-hydrogen) atoms. The molecular formula is C17H22N4O2. The van der Waals surface area contributed by atoms with Crippen molar-refractivity contribution in [2.75, 3.05) is 0 Å². The number of aromatic nitrogens is 2. The quantitative estimate of drug-likeness (QED) is 0.880. The number of nitrogens with zero attached hydrogens (tertiary/aromatic N) is 2. The summed E-state index contributed by atoms with van der Waals surface area (Å²) in [5.41, 5.74) is 2.58. The smallest absolute Gasteiger partial charge is 0.273 e. The molecule has 6 heteroatoms. The van der Waals surface area contributed by atoms with E-state index in [-0.39, 0.29) is 11.9 Å². The lowest BCUT2D eigenvalue weighted by Crippen LogP contribution is -2.36. The van der Waals surface area contributed by atoms with Crippen LogP contribution >= 0.6 is 0 Å². The van der Waals surface area contributed by atoms with Crippen molar-refractivity contribution in [1.82, 2.24) is 20.8 Å². The van der Waals surface area contributed by atoms with E-state index in [0.29, 0.717) is 11.7 Å². The zero-order valence-electron chi connectivity index (χ0n) is 13.5. The van der Waals surface area contributed by atoms with Crippen LogP contribution in [0.25, 0.3) is 0 Å². The summed E-state index contributed by atoms with van der Waals surface area (Å²) in [5.74, 6) is 0.695. The highest BCUT2D eigenvalue weighted by Gasteiger charge is 2.28. The number of carbonyl (C=O) groups excluding carboxylic acids is 1. The standard InChI is InChI=1S/C17H22N4O2/c1-11(2)20-17(22)16-14-9-13(3-4-15(14)23-21-16)19-10-12-5-7-18-8-6-12/h5-8,11,13,19H,3-4,9-10H2,1-2H3,(H,20,22). The highest BCUT2D eigenvalue weighted by atomic mass is 16.5. The van der Waals surface area contributed by atoms with E-state index in [1.807, 2.05) is 26.0 Å². The van der Waals surface area contributed by atoms with Crippen LogP contribution in [0.2, 0.25) is 0 Å². The van der Waals surface area contributed by atoms with Gasteiger partial charge in [-0.05, 0) is 44.4 Å². The second-order valence-electron chi connectivity index (χ2n) is 6.24. The van der Waals surface area contributed by atoms with E-state index < -0.39 is 0 Å². The van der Waals surface area contributed by atoms with Crippen molar-refractivity contribution in [3.63, 3.8) is 0 Å². The van der Waals surface area contributed by atoms with E-state index in [2.05, 4.69) is 20.8 Å². The van der Waals surface area contributed by atoms with Gasteiger partial charge >= 0.3 is 0 Å². The number of hydrogen-bond donors (Lipinski definition) is 2. The Morgan fingerprint density at radius 2 is 2.17 bits per heavy atom. The van der Waals surface area contributed by atoms with Gasteiger partial charge in [0.25, 0.3) is 5.91 Å². The Morgan fingerprint density at radius 3 is 2.91 bits per heavy atom. The van der Waals surface area contributed by atoms with Gasteiger partial charge < -0.3 is 15.2 Å². The SMILES string of the molecule is CC(C)NC(=O)c1noc2c1CC(NCc1ccncc1)CC2. The molecule has 2 N–H and O–H groups in total. The number of carbonyl (C=O) groups is 1. The van der Waals surface area contributed by atoms with Gasteiger partial charge in [0, 0.05) is 43.0 Å². The summed E-state index contributed by atoms with van der Waals surface area (Å²) in [6.07, 6.45) is 6.16. The Kier molecular flexibility index (Phi) is 4.71. The first-order chi connectivity index (χ1) is 11.1. The number of rotatable bonds is 5. The molecule has 2 aromatic rings. The van der Waals surface area contributed by atoms with Crippen LogP contribution in [0.4, 0.5) is 0 Å². The van der Waals surface area contributed by atoms with Gasteiger partial charge in [-0.15, -0.1) is 0 Å². The van der Waals surface area contributed by atoms with Crippen molar-refractivity contribution in [3.8, 4) is 0 Å². The largest absolute Gasteiger partial charge is 0.360 e. The maximum absolute atomic E-state index is 12.2. The molecule has 0 aliphatic heterocycles. The molecule has 0 spiro atoms. The molecule has 1 unspecified atom stereocenters. The van der Waals surface area contributed by atoms with Crippen LogP contribution in [-0.2, 0) is 19.4 Å². The normalized spacial score (nSPS) is 17.1. The second kappa shape index (κ2) is 6.91. The number of nitrogens with one attached hydrogen (secondary N) is 2. The second-order valence-corrected chi connectivity index (χ2v) is 6.24. The predicted octanol–water partition coefficient (Wildman–Crippen LogP) is 1.85. The number of amides is 1. The molecule has 0 radical (unpaired) electrons. The van der Waals surface area contributed by atoms with E-state index in [1.54, 1.807) is 12.4 Å². The van der Waals surface area contributed by atoms with Gasteiger partial charge in [-0.2, -0.15) is 0 Å². The fourth-order valence-corrected chi connectivity index (χ4v) is 2.85. The van der Waals surface area contributed by atoms with Gasteiger partial charge in [-0.25, -0.2) is 0 Å². The summed E-state index contributed by atoms with van der Waals surface area (Å²) in [4.78, 5) is 16.2. The minimum atomic E-state index is -0.153. The average Bonchev–Trinajstić information content (AvgIpc) is 2.96. The molecule has 0 saturated heterocycles. The van der Waals surface area contributed by atoms with Crippen LogP contribution in [0.5, 0.6) is 0 Å². The molecule has 1 atom stereocenters. The van der Waals surface area contributed by atoms with Gasteiger partial charge in [0.1, 0.15) is 5.76 Å². The van der Waals surface area contributed by atoms with Crippen molar-refractivity contribution in [2.45, 2.75) is 51.7 Å². The van der Waals surface area contributed by atoms with Crippen molar-refractivity contribution in [1.29, 1.82) is 0 Å². The molecule has 0 aromatic carbocycles. The van der Waals surface area contributed by atoms with Crippen LogP contribution < -0.4 is 10.6 Å². The molecule has 0 fully saturated rings. The molecule has 0 saturated carbocycles. The first kappa shape index (κ1) is 15.7. The van der Waals surface area contributed by atoms with Crippen LogP contribution in [-0.4, -0.2) is 28.1 Å². The highest BCUT2D eigenvalue weighted by molar-refractivity contribution is 5.94. The summed E-state index contributed by atoms with van der Waals surface area (Å²) < 4.78 is 5.35. The summed E-state index contributed by atoms with van der Waals surface area (Å²) in [5, 5.41) is 10.4. The van der Waals surface area contributed by atoms with Gasteiger partial charge in [0.2, 0.25) is 0 Å². The van der Waals surface area contributed by atoms with Crippen molar-refractivity contribution in [3.05, 3.63) is 47.1 Å². The molecule has 2 aromatic heterocycles. The molecule has 0 bridgehead atoms. The zero-order valence-corrected chi connectivity index (χ0v) is 13.5. The van der Waals surface area contributed by atoms with Crippen LogP contribution in [0.1, 0.15) is 47.6 Å². The first-order valence-corrected chi connectivity index (χ1v) is 8.04. The van der Waals surface area contributed by atoms with Crippen molar-refractivity contribution >= 4 is 5.91 Å². The third-order valence-electron chi connectivity index (χ3n) is 4.02. The van der Waals surface area contributed by atoms with Crippen LogP contribution in [0, 0.1) is 0 Å². The summed E-state index contributed by atoms with van der Waals surface area (Å²) in [6.45, 7) is 4.66. The number of aryl methyl sites for hydroxylation is 1. The molecule has 6 nitrogen and oxygen atoms in total. The Balaban J connectivity index is 1.65. The van der Waals surface area contributed by atoms with E-state index in [0.717, 1.165) is 37.1 Å². The Morgan fingerprint density at radius 1 is 1.39 bits per heavy atom. The summed E-state index contributed by atoms with van der Waals surface area (Å²) in [7, 11) is 0. The monoisotopic (exact) mass is 314 g/mol. The highest BCUT2D eigenvalue weighted by Crippen LogP contribution is 2.25. The topological polar surface area (TPSA) is 80.0 Å². The van der Waals surface area contributed by atoms with E-state index >= 15 is 0 Å². The third-order valence-corrected chi connectivity index (χ3v) is 4.02. The molecule has 2 heterocycles. The number of hydrogen-bond acceptors (Lipinski definition) is 5. The maximum atomic E-state index is 12.2. The van der Waals surface area contributed by atoms with Crippen LogP contribution in [0.3, 0.4) is 0 Å². The fourth-order valence-electron chi connectivity index (χ4n) is 2.85. The van der Waals surface area contributed by atoms with E-state index in [4.69, 9.17) is 4.52 Å². The number of pyridine rings is 1. The molecule has 1 amide bonds. The lowest BCUT2D eigenvalue weighted by atomic mass is 9.91. The van der Waals surface area contributed by atoms with Crippen molar-refractivity contribution in [2.24, 2.45) is 0 Å². The maximum Gasteiger partial charge on any atom is 0.273 e. The van der Waals surface area contributed by atoms with Gasteiger partial charge in [0.05, 0.1) is 0 Å². The lowest BCUT2D eigenvalue weighted by Gasteiger charge is -2.22. The molecule has 122 valence electrons. The van der Waals surface area contributed by atoms with Gasteiger partial charge in [-0.3, -0.25) is 9.78 Å². The number of fused-ring (bicyclic) bond motifs is 1. The summed E-state index contributed by atoms with van der Waals surface area (Å²) >= 11 is 0. The minimum absolute atomic E-state index is 0.0825. The molecular weight excluding hydrogens is 292 g/mol. The fraction of sp³-hybridized carbons (Fsp3) is 0.471. The predicted molar refractivity (Wildman–Crippen MR) is 86.0 cm³/mol. The first-order valence-electron chi connectivity index (χ1n) is 8.04. The van der Waals surface area contributed by atoms with Crippen molar-refractivity contribution < 1.29 is 9.32 Å². The molecule has 1 aliphatic rings. The van der Waals surface area contributed by atoms with E-state index in [1.165, 1.54) is 5.56 Å². The Labute approximate surface area is 135 Å². The average molecular weight is 314 g/mol. The zero-order chi connectivity index (χ0) is 16.2. The van der Waals surface area contributed by atoms with Gasteiger partial charge in [0.15, 0.2) is 5.69 Å².